The van der Waals surface area contributed by atoms with Crippen LogP contribution in [0.1, 0.15) is 16.8 Å². The fraction of sp³-hybridized carbons (Fsp3) is 0.190. The number of hydrogen-bond acceptors (Lipinski definition) is 4. The van der Waals surface area contributed by atoms with Gasteiger partial charge >= 0.3 is 0 Å². The van der Waals surface area contributed by atoms with E-state index in [9.17, 15) is 13.2 Å². The molecule has 0 aliphatic carbocycles. The number of hydrogen-bond donors (Lipinski definition) is 1. The lowest BCUT2D eigenvalue weighted by Gasteiger charge is -2.17. The number of benzene rings is 2. The predicted octanol–water partition coefficient (Wildman–Crippen LogP) is 3.93. The number of nitrogens with zero attached hydrogens (tertiary/aromatic N) is 2. The van der Waals surface area contributed by atoms with Gasteiger partial charge in [0.1, 0.15) is 5.75 Å². The highest BCUT2D eigenvalue weighted by Crippen LogP contribution is 2.31. The summed E-state index contributed by atoms with van der Waals surface area (Å²) in [5.41, 5.74) is 2.12. The number of nitrogens with one attached hydrogen (secondary N) is 1. The first-order chi connectivity index (χ1) is 14.4. The van der Waals surface area contributed by atoms with E-state index in [1.165, 1.54) is 11.4 Å². The third kappa shape index (κ3) is 3.88. The van der Waals surface area contributed by atoms with Crippen molar-refractivity contribution in [1.82, 2.24) is 4.57 Å². The Morgan fingerprint density at radius 1 is 1.13 bits per heavy atom. The maximum atomic E-state index is 12.8. The molecule has 156 valence electrons. The van der Waals surface area contributed by atoms with Crippen LogP contribution in [0.2, 0.25) is 5.02 Å². The Balaban J connectivity index is 1.56. The van der Waals surface area contributed by atoms with Crippen LogP contribution in [0, 0.1) is 0 Å². The number of carbonyl (C=O) groups is 1. The molecular formula is C21H20ClN3O4S. The van der Waals surface area contributed by atoms with E-state index in [-0.39, 0.29) is 11.7 Å². The van der Waals surface area contributed by atoms with E-state index >= 15 is 0 Å². The van der Waals surface area contributed by atoms with E-state index in [1.807, 2.05) is 29.1 Å². The van der Waals surface area contributed by atoms with Gasteiger partial charge in [-0.2, -0.15) is 0 Å². The predicted molar refractivity (Wildman–Crippen MR) is 117 cm³/mol. The molecule has 1 aromatic heterocycles. The van der Waals surface area contributed by atoms with Crippen molar-refractivity contribution in [1.29, 1.82) is 0 Å². The maximum Gasteiger partial charge on any atom is 0.259 e. The zero-order valence-electron chi connectivity index (χ0n) is 16.2. The van der Waals surface area contributed by atoms with Crippen molar-refractivity contribution in [3.05, 3.63) is 71.5 Å². The maximum absolute atomic E-state index is 12.8. The minimum Gasteiger partial charge on any atom is -0.496 e. The van der Waals surface area contributed by atoms with Gasteiger partial charge in [-0.3, -0.25) is 9.10 Å². The molecule has 0 radical (unpaired) electrons. The number of anilines is 2. The lowest BCUT2D eigenvalue weighted by molar-refractivity contribution is 0.102. The molecule has 3 aromatic rings. The van der Waals surface area contributed by atoms with Gasteiger partial charge < -0.3 is 14.6 Å². The van der Waals surface area contributed by atoms with Gasteiger partial charge in [0.05, 0.1) is 34.8 Å². The smallest absolute Gasteiger partial charge is 0.259 e. The van der Waals surface area contributed by atoms with E-state index < -0.39 is 10.0 Å². The number of methoxy groups -OCH3 is 1. The van der Waals surface area contributed by atoms with Gasteiger partial charge in [-0.15, -0.1) is 0 Å². The Morgan fingerprint density at radius 2 is 1.83 bits per heavy atom. The van der Waals surface area contributed by atoms with Crippen LogP contribution >= 0.6 is 11.6 Å². The van der Waals surface area contributed by atoms with E-state index in [1.54, 1.807) is 36.4 Å². The number of amides is 1. The Kier molecular flexibility index (Phi) is 5.44. The largest absolute Gasteiger partial charge is 0.496 e. The highest BCUT2D eigenvalue weighted by atomic mass is 35.5. The summed E-state index contributed by atoms with van der Waals surface area (Å²) in [5, 5.41) is 3.21. The zero-order chi connectivity index (χ0) is 21.3. The molecule has 1 fully saturated rings. The van der Waals surface area contributed by atoms with E-state index in [0.717, 1.165) is 0 Å². The summed E-state index contributed by atoms with van der Waals surface area (Å²) in [5.74, 6) is 0.167. The Morgan fingerprint density at radius 3 is 2.43 bits per heavy atom. The fourth-order valence-corrected chi connectivity index (χ4v) is 5.25. The van der Waals surface area contributed by atoms with Crippen LogP contribution in [0.4, 0.5) is 11.4 Å². The average molecular weight is 446 g/mol. The van der Waals surface area contributed by atoms with Gasteiger partial charge in [-0.1, -0.05) is 11.6 Å². The van der Waals surface area contributed by atoms with Gasteiger partial charge in [0.2, 0.25) is 10.0 Å². The normalized spacial score (nSPS) is 15.2. The number of ether oxygens (including phenoxy) is 1. The Bertz CT molecular complexity index is 1180. The van der Waals surface area contributed by atoms with E-state index in [4.69, 9.17) is 16.3 Å². The van der Waals surface area contributed by atoms with Gasteiger partial charge in [0.15, 0.2) is 0 Å². The van der Waals surface area contributed by atoms with Crippen molar-refractivity contribution in [2.45, 2.75) is 6.42 Å². The molecule has 7 nitrogen and oxygen atoms in total. The summed E-state index contributed by atoms with van der Waals surface area (Å²) in [6, 6.07) is 13.7. The monoisotopic (exact) mass is 445 g/mol. The van der Waals surface area contributed by atoms with Crippen LogP contribution < -0.4 is 14.4 Å². The molecular weight excluding hydrogens is 426 g/mol. The topological polar surface area (TPSA) is 80.6 Å². The fourth-order valence-electron chi connectivity index (χ4n) is 3.42. The molecule has 9 heteroatoms. The van der Waals surface area contributed by atoms with Gasteiger partial charge in [-0.05, 0) is 48.9 Å². The summed E-state index contributed by atoms with van der Waals surface area (Å²) >= 11 is 6.40. The summed E-state index contributed by atoms with van der Waals surface area (Å²) in [7, 11) is -1.75. The summed E-state index contributed by atoms with van der Waals surface area (Å²) in [6.45, 7) is 0.470. The summed E-state index contributed by atoms with van der Waals surface area (Å²) < 4.78 is 32.7. The second kappa shape index (κ2) is 8.04. The average Bonchev–Trinajstić information content (AvgIpc) is 3.38. The van der Waals surface area contributed by atoms with Crippen molar-refractivity contribution in [3.8, 4) is 11.4 Å². The van der Waals surface area contributed by atoms with Crippen LogP contribution in [0.15, 0.2) is 60.9 Å². The number of aromatic nitrogens is 1. The van der Waals surface area contributed by atoms with Crippen LogP contribution in [-0.4, -0.2) is 38.3 Å². The molecule has 0 unspecified atom stereocenters. The molecule has 2 aromatic carbocycles. The zero-order valence-corrected chi connectivity index (χ0v) is 17.8. The third-order valence-electron chi connectivity index (χ3n) is 4.91. The minimum absolute atomic E-state index is 0.158. The van der Waals surface area contributed by atoms with E-state index in [0.29, 0.717) is 46.4 Å². The van der Waals surface area contributed by atoms with Crippen molar-refractivity contribution < 1.29 is 17.9 Å². The lowest BCUT2D eigenvalue weighted by atomic mass is 10.1. The molecule has 1 aliphatic heterocycles. The highest BCUT2D eigenvalue weighted by Gasteiger charge is 2.28. The van der Waals surface area contributed by atoms with Gasteiger partial charge in [-0.25, -0.2) is 8.42 Å². The first kappa shape index (κ1) is 20.3. The molecule has 1 N–H and O–H groups in total. The number of rotatable bonds is 5. The minimum atomic E-state index is -3.24. The number of halogens is 1. The molecule has 1 saturated heterocycles. The van der Waals surface area contributed by atoms with Crippen molar-refractivity contribution in [2.75, 3.05) is 29.0 Å². The molecule has 4 rings (SSSR count). The second-order valence-corrected chi connectivity index (χ2v) is 9.26. The molecule has 0 spiro atoms. The Hall–Kier alpha value is -2.97. The van der Waals surface area contributed by atoms with Gasteiger partial charge in [0.25, 0.3) is 5.91 Å². The first-order valence-electron chi connectivity index (χ1n) is 9.32. The van der Waals surface area contributed by atoms with E-state index in [2.05, 4.69) is 5.32 Å². The second-order valence-electron chi connectivity index (χ2n) is 6.84. The summed E-state index contributed by atoms with van der Waals surface area (Å²) in [6.07, 6.45) is 4.31. The van der Waals surface area contributed by atoms with Crippen LogP contribution in [0.3, 0.4) is 0 Å². The molecule has 0 atom stereocenters. The van der Waals surface area contributed by atoms with Crippen LogP contribution in [-0.2, 0) is 10.0 Å². The standard InChI is InChI=1S/C21H20ClN3O4S/c1-29-20-14-19(24-9-2-3-10-24)18(22)13-17(20)21(26)23-15-5-7-16(8-6-15)25-11-4-12-30(25,27)28/h2-3,5-10,13-14H,4,11-12H2,1H3,(H,23,26). The molecule has 0 saturated carbocycles. The third-order valence-corrected chi connectivity index (χ3v) is 7.08. The first-order valence-corrected chi connectivity index (χ1v) is 11.3. The Labute approximate surface area is 179 Å². The number of sulfonamides is 1. The summed E-state index contributed by atoms with van der Waals surface area (Å²) in [4.78, 5) is 12.8. The van der Waals surface area contributed by atoms with Crippen LogP contribution in [0.5, 0.6) is 5.75 Å². The van der Waals surface area contributed by atoms with Crippen molar-refractivity contribution >= 4 is 38.9 Å². The van der Waals surface area contributed by atoms with Crippen LogP contribution in [0.25, 0.3) is 5.69 Å². The quantitative estimate of drug-likeness (QED) is 0.645. The molecule has 1 aliphatic rings. The van der Waals surface area contributed by atoms with Crippen molar-refractivity contribution in [3.63, 3.8) is 0 Å². The number of carbonyl (C=O) groups excluding carboxylic acids is 1. The lowest BCUT2D eigenvalue weighted by Crippen LogP contribution is -2.25. The van der Waals surface area contributed by atoms with Gasteiger partial charge in [0, 0.05) is 30.7 Å². The molecule has 1 amide bonds. The SMILES string of the molecule is COc1cc(-n2cccc2)c(Cl)cc1C(=O)Nc1ccc(N2CCCS2(=O)=O)cc1. The highest BCUT2D eigenvalue weighted by molar-refractivity contribution is 7.93. The molecule has 30 heavy (non-hydrogen) atoms. The molecule has 2 heterocycles. The van der Waals surface area contributed by atoms with Crippen molar-refractivity contribution in [2.24, 2.45) is 0 Å². The molecule has 0 bridgehead atoms.